The summed E-state index contributed by atoms with van der Waals surface area (Å²) in [4.78, 5) is 37.9. The topological polar surface area (TPSA) is 119 Å². The number of carbonyl (C=O) groups excluding carboxylic acids is 2. The number of benzene rings is 2. The van der Waals surface area contributed by atoms with Crippen LogP contribution in [-0.2, 0) is 14.3 Å². The van der Waals surface area contributed by atoms with Crippen LogP contribution in [0.4, 0.5) is 5.69 Å². The lowest BCUT2D eigenvalue weighted by atomic mass is 9.94. The molecular formula is C23H22N2O7. The van der Waals surface area contributed by atoms with Gasteiger partial charge in [0.25, 0.3) is 17.4 Å². The van der Waals surface area contributed by atoms with E-state index in [1.165, 1.54) is 36.3 Å². The maximum atomic E-state index is 13.1. The molecule has 2 atom stereocenters. The third kappa shape index (κ3) is 3.82. The summed E-state index contributed by atoms with van der Waals surface area (Å²) in [5.41, 5.74) is 0.509. The number of para-hydroxylation sites is 1. The predicted molar refractivity (Wildman–Crippen MR) is 114 cm³/mol. The van der Waals surface area contributed by atoms with E-state index in [2.05, 4.69) is 0 Å². The zero-order valence-electron chi connectivity index (χ0n) is 17.4. The van der Waals surface area contributed by atoms with Crippen LogP contribution >= 0.6 is 0 Å². The predicted octanol–water partition coefficient (Wildman–Crippen LogP) is 3.20. The van der Waals surface area contributed by atoms with Crippen molar-refractivity contribution in [3.8, 4) is 5.75 Å². The van der Waals surface area contributed by atoms with Gasteiger partial charge in [0.1, 0.15) is 11.5 Å². The molecule has 32 heavy (non-hydrogen) atoms. The van der Waals surface area contributed by atoms with Gasteiger partial charge in [-0.2, -0.15) is 0 Å². The van der Waals surface area contributed by atoms with Crippen LogP contribution in [0.2, 0.25) is 0 Å². The molecule has 0 saturated carbocycles. The zero-order chi connectivity index (χ0) is 22.8. The molecule has 0 aliphatic carbocycles. The third-order valence-corrected chi connectivity index (χ3v) is 5.75. The second kappa shape index (κ2) is 8.80. The highest BCUT2D eigenvalue weighted by Gasteiger charge is 2.47. The molecule has 1 N–H and O–H groups in total. The van der Waals surface area contributed by atoms with Crippen molar-refractivity contribution in [2.45, 2.75) is 25.0 Å². The Morgan fingerprint density at radius 1 is 1.22 bits per heavy atom. The molecule has 2 saturated heterocycles. The van der Waals surface area contributed by atoms with E-state index in [4.69, 9.17) is 9.47 Å². The van der Waals surface area contributed by atoms with Gasteiger partial charge in [-0.05, 0) is 31.0 Å². The average molecular weight is 438 g/mol. The number of nitro groups is 1. The molecule has 2 aromatic carbocycles. The van der Waals surface area contributed by atoms with Gasteiger partial charge < -0.3 is 19.5 Å². The monoisotopic (exact) mass is 438 g/mol. The number of amides is 1. The molecule has 2 aromatic rings. The molecule has 0 aromatic heterocycles. The van der Waals surface area contributed by atoms with Gasteiger partial charge in [0, 0.05) is 36.4 Å². The lowest BCUT2D eigenvalue weighted by Gasteiger charge is -2.28. The molecule has 166 valence electrons. The van der Waals surface area contributed by atoms with Crippen molar-refractivity contribution in [1.82, 2.24) is 4.90 Å². The van der Waals surface area contributed by atoms with Crippen LogP contribution in [0.5, 0.6) is 5.75 Å². The van der Waals surface area contributed by atoms with E-state index in [9.17, 15) is 24.8 Å². The van der Waals surface area contributed by atoms with Crippen LogP contribution in [0.25, 0.3) is 5.76 Å². The zero-order valence-corrected chi connectivity index (χ0v) is 17.4. The molecule has 2 unspecified atom stereocenters. The van der Waals surface area contributed by atoms with Crippen molar-refractivity contribution < 1.29 is 29.1 Å². The number of methoxy groups -OCH3 is 1. The number of nitrogens with zero attached hydrogens (tertiary/aromatic N) is 2. The van der Waals surface area contributed by atoms with Crippen molar-refractivity contribution >= 4 is 23.1 Å². The molecule has 1 amide bonds. The van der Waals surface area contributed by atoms with Gasteiger partial charge in [-0.25, -0.2) is 0 Å². The van der Waals surface area contributed by atoms with Crippen molar-refractivity contribution in [3.63, 3.8) is 0 Å². The van der Waals surface area contributed by atoms with Crippen molar-refractivity contribution in [3.05, 3.63) is 75.3 Å². The van der Waals surface area contributed by atoms with E-state index in [-0.39, 0.29) is 29.5 Å². The van der Waals surface area contributed by atoms with Crippen LogP contribution < -0.4 is 4.74 Å². The van der Waals surface area contributed by atoms with Gasteiger partial charge in [-0.3, -0.25) is 19.7 Å². The lowest BCUT2D eigenvalue weighted by Crippen LogP contribution is -2.36. The Balaban J connectivity index is 1.84. The highest BCUT2D eigenvalue weighted by atomic mass is 16.6. The number of likely N-dealkylation sites (tertiary alicyclic amines) is 1. The first-order chi connectivity index (χ1) is 15.4. The molecule has 0 radical (unpaired) electrons. The fourth-order valence-electron chi connectivity index (χ4n) is 4.19. The third-order valence-electron chi connectivity index (χ3n) is 5.75. The molecule has 2 fully saturated rings. The molecule has 4 rings (SSSR count). The number of aliphatic hydroxyl groups is 1. The maximum Gasteiger partial charge on any atom is 0.295 e. The number of non-ortho nitro benzene ring substituents is 1. The van der Waals surface area contributed by atoms with Gasteiger partial charge >= 0.3 is 0 Å². The maximum absolute atomic E-state index is 13.1. The van der Waals surface area contributed by atoms with Crippen LogP contribution in [0, 0.1) is 10.1 Å². The van der Waals surface area contributed by atoms with Crippen LogP contribution in [-0.4, -0.2) is 53.0 Å². The summed E-state index contributed by atoms with van der Waals surface area (Å²) in [5.74, 6) is -1.50. The molecule has 0 spiro atoms. The minimum Gasteiger partial charge on any atom is -0.507 e. The number of ether oxygens (including phenoxy) is 2. The summed E-state index contributed by atoms with van der Waals surface area (Å²) in [5, 5.41) is 22.0. The van der Waals surface area contributed by atoms with E-state index in [1.54, 1.807) is 24.3 Å². The van der Waals surface area contributed by atoms with Crippen molar-refractivity contribution in [1.29, 1.82) is 0 Å². The molecule has 2 heterocycles. The lowest BCUT2D eigenvalue weighted by molar-refractivity contribution is -0.384. The number of ketones is 1. The molecule has 2 aliphatic heterocycles. The van der Waals surface area contributed by atoms with E-state index in [0.29, 0.717) is 17.9 Å². The molecule has 9 nitrogen and oxygen atoms in total. The van der Waals surface area contributed by atoms with Crippen LogP contribution in [0.3, 0.4) is 0 Å². The number of hydrogen-bond donors (Lipinski definition) is 1. The SMILES string of the molecule is COc1ccccc1C1/C(=C(\O)c2ccc([N+](=O)[O-])cc2)C(=O)C(=O)N1CC1CCCO1. The normalized spacial score (nSPS) is 22.3. The largest absolute Gasteiger partial charge is 0.507 e. The fraction of sp³-hybridized carbons (Fsp3) is 0.304. The smallest absolute Gasteiger partial charge is 0.295 e. The van der Waals surface area contributed by atoms with Gasteiger partial charge in [0.05, 0.1) is 29.8 Å². The Morgan fingerprint density at radius 3 is 2.56 bits per heavy atom. The van der Waals surface area contributed by atoms with Gasteiger partial charge in [-0.15, -0.1) is 0 Å². The minimum atomic E-state index is -0.884. The summed E-state index contributed by atoms with van der Waals surface area (Å²) in [6.45, 7) is 0.793. The number of aliphatic hydroxyl groups excluding tert-OH is 1. The first-order valence-corrected chi connectivity index (χ1v) is 10.2. The highest BCUT2D eigenvalue weighted by molar-refractivity contribution is 6.46. The first-order valence-electron chi connectivity index (χ1n) is 10.2. The fourth-order valence-corrected chi connectivity index (χ4v) is 4.19. The molecular weight excluding hydrogens is 416 g/mol. The van der Waals surface area contributed by atoms with E-state index >= 15 is 0 Å². The number of hydrogen-bond acceptors (Lipinski definition) is 7. The quantitative estimate of drug-likeness (QED) is 0.242. The highest BCUT2D eigenvalue weighted by Crippen LogP contribution is 2.43. The Labute approximate surface area is 184 Å². The second-order valence-corrected chi connectivity index (χ2v) is 7.63. The van der Waals surface area contributed by atoms with Crippen molar-refractivity contribution in [2.24, 2.45) is 0 Å². The number of Topliss-reactive ketones (excluding diaryl/α,β-unsaturated/α-hetero) is 1. The van der Waals surface area contributed by atoms with E-state index < -0.39 is 28.4 Å². The summed E-state index contributed by atoms with van der Waals surface area (Å²) in [7, 11) is 1.49. The van der Waals surface area contributed by atoms with Crippen LogP contribution in [0.15, 0.2) is 54.1 Å². The number of nitro benzene ring substituents is 1. The molecule has 9 heteroatoms. The molecule has 0 bridgehead atoms. The van der Waals surface area contributed by atoms with Crippen LogP contribution in [0.1, 0.15) is 30.0 Å². The summed E-state index contributed by atoms with van der Waals surface area (Å²) in [6.07, 6.45) is 1.44. The Morgan fingerprint density at radius 2 is 1.94 bits per heavy atom. The minimum absolute atomic E-state index is 0.0913. The standard InChI is InChI=1S/C23H22N2O7/c1-31-18-7-3-2-6-17(18)20-19(21(26)14-8-10-15(11-9-14)25(29)30)22(27)23(28)24(20)13-16-5-4-12-32-16/h2-3,6-11,16,20,26H,4-5,12-13H2,1H3/b21-19+. The van der Waals surface area contributed by atoms with Crippen molar-refractivity contribution in [2.75, 3.05) is 20.3 Å². The second-order valence-electron chi connectivity index (χ2n) is 7.63. The summed E-state index contributed by atoms with van der Waals surface area (Å²) >= 11 is 0. The van der Waals surface area contributed by atoms with E-state index in [1.807, 2.05) is 0 Å². The Hall–Kier alpha value is -3.72. The van der Waals surface area contributed by atoms with Gasteiger partial charge in [-0.1, -0.05) is 18.2 Å². The molecule has 2 aliphatic rings. The average Bonchev–Trinajstić information content (AvgIpc) is 3.41. The van der Waals surface area contributed by atoms with Gasteiger partial charge in [0.15, 0.2) is 0 Å². The van der Waals surface area contributed by atoms with Gasteiger partial charge in [0.2, 0.25) is 0 Å². The van der Waals surface area contributed by atoms with E-state index in [0.717, 1.165) is 12.8 Å². The Bertz CT molecular complexity index is 1090. The summed E-state index contributed by atoms with van der Waals surface area (Å²) < 4.78 is 11.1. The first kappa shape index (κ1) is 21.5. The number of rotatable bonds is 6. The Kier molecular flexibility index (Phi) is 5.91. The summed E-state index contributed by atoms with van der Waals surface area (Å²) in [6, 6.07) is 11.3. The number of carbonyl (C=O) groups is 2.